The van der Waals surface area contributed by atoms with Crippen molar-refractivity contribution < 1.29 is 9.21 Å². The van der Waals surface area contributed by atoms with Gasteiger partial charge in [-0.2, -0.15) is 0 Å². The van der Waals surface area contributed by atoms with Gasteiger partial charge < -0.3 is 14.7 Å². The van der Waals surface area contributed by atoms with E-state index in [0.717, 1.165) is 27.0 Å². The molecule has 6 nitrogen and oxygen atoms in total. The Morgan fingerprint density at radius 3 is 2.96 bits per heavy atom. The van der Waals surface area contributed by atoms with Gasteiger partial charge in [-0.25, -0.2) is 0 Å². The van der Waals surface area contributed by atoms with Crippen LogP contribution >= 0.6 is 23.1 Å². The molecule has 4 aromatic rings. The van der Waals surface area contributed by atoms with Gasteiger partial charge in [0.25, 0.3) is 5.22 Å². The zero-order chi connectivity index (χ0) is 19.7. The Kier molecular flexibility index (Phi) is 5.23. The molecule has 1 amide bonds. The van der Waals surface area contributed by atoms with Crippen LogP contribution in [-0.2, 0) is 11.3 Å². The Bertz CT molecular complexity index is 1110. The number of amides is 1. The molecule has 144 valence electrons. The van der Waals surface area contributed by atoms with E-state index in [9.17, 15) is 4.79 Å². The minimum absolute atomic E-state index is 0.0574. The van der Waals surface area contributed by atoms with E-state index in [1.54, 1.807) is 11.3 Å². The van der Waals surface area contributed by atoms with Crippen molar-refractivity contribution >= 4 is 39.9 Å². The molecule has 28 heavy (non-hydrogen) atoms. The first kappa shape index (κ1) is 18.8. The number of fused-ring (bicyclic) bond motifs is 1. The fourth-order valence-electron chi connectivity index (χ4n) is 2.90. The van der Waals surface area contributed by atoms with E-state index < -0.39 is 0 Å². The van der Waals surface area contributed by atoms with E-state index in [2.05, 4.69) is 34.3 Å². The molecule has 0 aliphatic carbocycles. The molecular formula is C20H20N4O2S2. The Morgan fingerprint density at radius 2 is 2.18 bits per heavy atom. The van der Waals surface area contributed by atoms with Crippen LogP contribution in [0.4, 0.5) is 0 Å². The summed E-state index contributed by atoms with van der Waals surface area (Å²) in [4.78, 5) is 16.8. The number of carbonyl (C=O) groups excluding carboxylic acids is 1. The first-order valence-corrected chi connectivity index (χ1v) is 10.7. The maximum Gasteiger partial charge on any atom is 0.277 e. The minimum atomic E-state index is -0.328. The van der Waals surface area contributed by atoms with Crippen molar-refractivity contribution in [2.45, 2.75) is 37.8 Å². The minimum Gasteiger partial charge on any atom is -0.411 e. The molecule has 1 atom stereocenters. The monoisotopic (exact) mass is 412 g/mol. The maximum absolute atomic E-state index is 12.3. The van der Waals surface area contributed by atoms with Crippen LogP contribution in [0.15, 0.2) is 45.4 Å². The van der Waals surface area contributed by atoms with Gasteiger partial charge in [-0.1, -0.05) is 17.8 Å². The average Bonchev–Trinajstić information content (AvgIpc) is 3.42. The molecule has 0 bridgehead atoms. The van der Waals surface area contributed by atoms with Gasteiger partial charge in [-0.3, -0.25) is 4.79 Å². The zero-order valence-corrected chi connectivity index (χ0v) is 17.4. The number of carbonyl (C=O) groups is 1. The largest absolute Gasteiger partial charge is 0.411 e. The fourth-order valence-corrected chi connectivity index (χ4v) is 4.26. The Balaban J connectivity index is 1.43. The van der Waals surface area contributed by atoms with E-state index in [1.165, 1.54) is 17.3 Å². The van der Waals surface area contributed by atoms with Gasteiger partial charge in [-0.05, 0) is 56.0 Å². The molecule has 0 radical (unpaired) electrons. The maximum atomic E-state index is 12.3. The lowest BCUT2D eigenvalue weighted by atomic mass is 10.1. The van der Waals surface area contributed by atoms with Crippen molar-refractivity contribution in [3.8, 4) is 11.5 Å². The Labute approximate surface area is 170 Å². The summed E-state index contributed by atoms with van der Waals surface area (Å²) in [5.74, 6) is 0.395. The highest BCUT2D eigenvalue weighted by atomic mass is 32.2. The van der Waals surface area contributed by atoms with Crippen LogP contribution in [0.3, 0.4) is 0 Å². The standard InChI is InChI=1S/C20H20N4O2S2/c1-11-12(2)22-17-7-6-14(9-16(11)17)19-23-24-20(26-19)28-13(3)18(25)21-10-15-5-4-8-27-15/h4-9,13,22H,10H2,1-3H3,(H,21,25)/t13-/m0/s1. The predicted octanol–water partition coefficient (Wildman–Crippen LogP) is 4.69. The summed E-state index contributed by atoms with van der Waals surface area (Å²) in [6, 6.07) is 9.99. The van der Waals surface area contributed by atoms with E-state index in [0.29, 0.717) is 17.7 Å². The summed E-state index contributed by atoms with van der Waals surface area (Å²) in [7, 11) is 0. The molecule has 8 heteroatoms. The highest BCUT2D eigenvalue weighted by Crippen LogP contribution is 2.30. The number of H-pyrrole nitrogens is 1. The van der Waals surface area contributed by atoms with Gasteiger partial charge in [0.1, 0.15) is 0 Å². The van der Waals surface area contributed by atoms with Crippen LogP contribution in [0.1, 0.15) is 23.1 Å². The van der Waals surface area contributed by atoms with Crippen LogP contribution in [0.25, 0.3) is 22.4 Å². The number of aromatic nitrogens is 3. The summed E-state index contributed by atoms with van der Waals surface area (Å²) < 4.78 is 5.79. The van der Waals surface area contributed by atoms with Crippen molar-refractivity contribution in [3.63, 3.8) is 0 Å². The number of hydrogen-bond donors (Lipinski definition) is 2. The van der Waals surface area contributed by atoms with Crippen molar-refractivity contribution in [3.05, 3.63) is 51.8 Å². The number of nitrogens with one attached hydrogen (secondary N) is 2. The predicted molar refractivity (Wildman–Crippen MR) is 113 cm³/mol. The van der Waals surface area contributed by atoms with Crippen molar-refractivity contribution in [2.75, 3.05) is 0 Å². The molecule has 0 saturated heterocycles. The molecule has 4 rings (SSSR count). The smallest absolute Gasteiger partial charge is 0.277 e. The summed E-state index contributed by atoms with van der Waals surface area (Å²) in [5, 5.41) is 14.4. The zero-order valence-electron chi connectivity index (χ0n) is 15.8. The third-order valence-corrected chi connectivity index (χ3v) is 6.44. The number of rotatable bonds is 6. The number of aromatic amines is 1. The van der Waals surface area contributed by atoms with Crippen LogP contribution in [0, 0.1) is 13.8 Å². The lowest BCUT2D eigenvalue weighted by Gasteiger charge is -2.08. The third kappa shape index (κ3) is 3.83. The summed E-state index contributed by atoms with van der Waals surface area (Å²) in [5.41, 5.74) is 4.31. The van der Waals surface area contributed by atoms with Crippen molar-refractivity contribution in [2.24, 2.45) is 0 Å². The highest BCUT2D eigenvalue weighted by molar-refractivity contribution is 8.00. The van der Waals surface area contributed by atoms with Gasteiger partial charge in [0.05, 0.1) is 11.8 Å². The molecule has 0 aliphatic heterocycles. The molecule has 3 aromatic heterocycles. The molecule has 2 N–H and O–H groups in total. The molecule has 0 saturated carbocycles. The van der Waals surface area contributed by atoms with Gasteiger partial charge in [0.15, 0.2) is 0 Å². The fraction of sp³-hybridized carbons (Fsp3) is 0.250. The summed E-state index contributed by atoms with van der Waals surface area (Å²) >= 11 is 2.88. The van der Waals surface area contributed by atoms with Gasteiger partial charge in [-0.15, -0.1) is 21.5 Å². The molecule has 0 aliphatic rings. The Morgan fingerprint density at radius 1 is 1.32 bits per heavy atom. The second-order valence-corrected chi connectivity index (χ2v) is 8.89. The normalized spacial score (nSPS) is 12.4. The Hall–Kier alpha value is -2.58. The highest BCUT2D eigenvalue weighted by Gasteiger charge is 2.19. The molecule has 0 spiro atoms. The molecule has 1 aromatic carbocycles. The lowest BCUT2D eigenvalue weighted by molar-refractivity contribution is -0.120. The number of thiophene rings is 1. The van der Waals surface area contributed by atoms with E-state index in [1.807, 2.05) is 42.6 Å². The summed E-state index contributed by atoms with van der Waals surface area (Å²) in [6.45, 7) is 6.51. The second-order valence-electron chi connectivity index (χ2n) is 6.57. The van der Waals surface area contributed by atoms with E-state index in [4.69, 9.17) is 4.42 Å². The van der Waals surface area contributed by atoms with Crippen LogP contribution in [-0.4, -0.2) is 26.3 Å². The molecular weight excluding hydrogens is 392 g/mol. The van der Waals surface area contributed by atoms with E-state index >= 15 is 0 Å². The quantitative estimate of drug-likeness (QED) is 0.449. The van der Waals surface area contributed by atoms with Crippen molar-refractivity contribution in [1.29, 1.82) is 0 Å². The van der Waals surface area contributed by atoms with Crippen LogP contribution in [0.2, 0.25) is 0 Å². The number of nitrogens with zero attached hydrogens (tertiary/aromatic N) is 2. The lowest BCUT2D eigenvalue weighted by Crippen LogP contribution is -2.30. The SMILES string of the molecule is Cc1[nH]c2ccc(-c3nnc(S[C@@H](C)C(=O)NCc4cccs4)o3)cc2c1C. The van der Waals surface area contributed by atoms with Crippen molar-refractivity contribution in [1.82, 2.24) is 20.5 Å². The van der Waals surface area contributed by atoms with Gasteiger partial charge in [0, 0.05) is 27.0 Å². The van der Waals surface area contributed by atoms with Gasteiger partial charge in [0.2, 0.25) is 11.8 Å². The number of thioether (sulfide) groups is 1. The third-order valence-electron chi connectivity index (χ3n) is 4.63. The van der Waals surface area contributed by atoms with E-state index in [-0.39, 0.29) is 11.2 Å². The first-order valence-electron chi connectivity index (χ1n) is 8.91. The van der Waals surface area contributed by atoms with Gasteiger partial charge >= 0.3 is 0 Å². The number of benzene rings is 1. The number of hydrogen-bond acceptors (Lipinski definition) is 6. The molecule has 0 unspecified atom stereocenters. The molecule has 3 heterocycles. The summed E-state index contributed by atoms with van der Waals surface area (Å²) in [6.07, 6.45) is 0. The second kappa shape index (κ2) is 7.81. The van der Waals surface area contributed by atoms with Crippen LogP contribution < -0.4 is 5.32 Å². The number of aryl methyl sites for hydroxylation is 2. The topological polar surface area (TPSA) is 83.8 Å². The molecule has 0 fully saturated rings. The van der Waals surface area contributed by atoms with Crippen LogP contribution in [0.5, 0.6) is 0 Å². The average molecular weight is 413 g/mol. The first-order chi connectivity index (χ1) is 13.5.